The molecule has 0 saturated heterocycles. The molecule has 1 aromatic carbocycles. The molecular weight excluding hydrogens is 280 g/mol. The third kappa shape index (κ3) is 2.97. The Labute approximate surface area is 120 Å². The number of halogens is 1. The van der Waals surface area contributed by atoms with E-state index in [4.69, 9.17) is 11.6 Å². The SMILES string of the molecule is CN(C)C(=O)n1ccc(C(=O)Nc2ccccc2Cl)n1. The van der Waals surface area contributed by atoms with Gasteiger partial charge in [-0.15, -0.1) is 0 Å². The molecule has 0 spiro atoms. The van der Waals surface area contributed by atoms with E-state index in [9.17, 15) is 9.59 Å². The Morgan fingerprint density at radius 3 is 2.60 bits per heavy atom. The highest BCUT2D eigenvalue weighted by Crippen LogP contribution is 2.20. The van der Waals surface area contributed by atoms with Gasteiger partial charge in [0.15, 0.2) is 5.69 Å². The smallest absolute Gasteiger partial charge is 0.329 e. The first-order valence-electron chi connectivity index (χ1n) is 5.82. The molecule has 0 saturated carbocycles. The van der Waals surface area contributed by atoms with Crippen molar-refractivity contribution in [2.24, 2.45) is 0 Å². The lowest BCUT2D eigenvalue weighted by Gasteiger charge is -2.08. The van der Waals surface area contributed by atoms with E-state index in [-0.39, 0.29) is 11.7 Å². The van der Waals surface area contributed by atoms with Crippen molar-refractivity contribution in [3.8, 4) is 0 Å². The minimum Gasteiger partial charge on any atom is -0.329 e. The molecule has 0 aliphatic heterocycles. The van der Waals surface area contributed by atoms with Gasteiger partial charge in [-0.1, -0.05) is 23.7 Å². The lowest BCUT2D eigenvalue weighted by Crippen LogP contribution is -2.28. The van der Waals surface area contributed by atoms with E-state index in [0.29, 0.717) is 10.7 Å². The second kappa shape index (κ2) is 5.75. The number of anilines is 1. The van der Waals surface area contributed by atoms with E-state index in [1.165, 1.54) is 17.2 Å². The molecule has 2 amide bonds. The minimum absolute atomic E-state index is 0.139. The van der Waals surface area contributed by atoms with Gasteiger partial charge in [-0.2, -0.15) is 9.78 Å². The predicted molar refractivity (Wildman–Crippen MR) is 76.1 cm³/mol. The Morgan fingerprint density at radius 1 is 1.25 bits per heavy atom. The first-order chi connectivity index (χ1) is 9.49. The number of para-hydroxylation sites is 1. The van der Waals surface area contributed by atoms with E-state index < -0.39 is 5.91 Å². The molecular formula is C13H13ClN4O2. The Morgan fingerprint density at radius 2 is 1.95 bits per heavy atom. The molecule has 0 radical (unpaired) electrons. The number of nitrogens with one attached hydrogen (secondary N) is 1. The molecule has 0 aliphatic carbocycles. The average molecular weight is 293 g/mol. The molecule has 0 aliphatic rings. The van der Waals surface area contributed by atoms with Crippen LogP contribution in [0.4, 0.5) is 10.5 Å². The van der Waals surface area contributed by atoms with Gasteiger partial charge in [-0.05, 0) is 18.2 Å². The molecule has 0 fully saturated rings. The molecule has 2 aromatic rings. The summed E-state index contributed by atoms with van der Waals surface area (Å²) in [4.78, 5) is 25.0. The van der Waals surface area contributed by atoms with Crippen molar-refractivity contribution in [3.05, 3.63) is 47.2 Å². The normalized spacial score (nSPS) is 10.2. The van der Waals surface area contributed by atoms with Crippen LogP contribution in [0.2, 0.25) is 5.02 Å². The second-order valence-corrected chi connectivity index (χ2v) is 4.66. The number of carbonyl (C=O) groups excluding carboxylic acids is 2. The molecule has 1 aromatic heterocycles. The van der Waals surface area contributed by atoms with Gasteiger partial charge in [-0.25, -0.2) is 4.79 Å². The summed E-state index contributed by atoms with van der Waals surface area (Å²) in [6.45, 7) is 0. The van der Waals surface area contributed by atoms with Crippen molar-refractivity contribution in [2.45, 2.75) is 0 Å². The van der Waals surface area contributed by atoms with Gasteiger partial charge in [0.25, 0.3) is 5.91 Å². The van der Waals surface area contributed by atoms with Gasteiger partial charge in [0.2, 0.25) is 0 Å². The van der Waals surface area contributed by atoms with Crippen molar-refractivity contribution < 1.29 is 9.59 Å². The third-order valence-corrected chi connectivity index (χ3v) is 2.85. The number of benzene rings is 1. The van der Waals surface area contributed by atoms with Crippen LogP contribution in [0.25, 0.3) is 0 Å². The van der Waals surface area contributed by atoms with Crippen LogP contribution in [0.3, 0.4) is 0 Å². The third-order valence-electron chi connectivity index (χ3n) is 2.52. The predicted octanol–water partition coefficient (Wildman–Crippen LogP) is 2.32. The van der Waals surface area contributed by atoms with Gasteiger partial charge >= 0.3 is 6.03 Å². The monoisotopic (exact) mass is 292 g/mol. The summed E-state index contributed by atoms with van der Waals surface area (Å²) in [6.07, 6.45) is 1.43. The van der Waals surface area contributed by atoms with Crippen molar-refractivity contribution >= 4 is 29.2 Å². The molecule has 0 bridgehead atoms. The first-order valence-corrected chi connectivity index (χ1v) is 6.20. The second-order valence-electron chi connectivity index (χ2n) is 4.26. The number of hydrogen-bond acceptors (Lipinski definition) is 3. The van der Waals surface area contributed by atoms with Crippen molar-refractivity contribution in [1.82, 2.24) is 14.7 Å². The number of rotatable bonds is 2. The Hall–Kier alpha value is -2.34. The van der Waals surface area contributed by atoms with Crippen LogP contribution in [0.15, 0.2) is 36.5 Å². The van der Waals surface area contributed by atoms with Crippen LogP contribution in [-0.2, 0) is 0 Å². The van der Waals surface area contributed by atoms with Gasteiger partial charge < -0.3 is 10.2 Å². The summed E-state index contributed by atoms with van der Waals surface area (Å²) >= 11 is 5.95. The zero-order valence-corrected chi connectivity index (χ0v) is 11.8. The fourth-order valence-electron chi connectivity index (χ4n) is 1.51. The quantitative estimate of drug-likeness (QED) is 0.923. The van der Waals surface area contributed by atoms with E-state index in [0.717, 1.165) is 4.68 Å². The highest BCUT2D eigenvalue weighted by atomic mass is 35.5. The summed E-state index contributed by atoms with van der Waals surface area (Å²) < 4.78 is 1.10. The van der Waals surface area contributed by atoms with E-state index in [1.54, 1.807) is 38.4 Å². The molecule has 6 nitrogen and oxygen atoms in total. The average Bonchev–Trinajstić information content (AvgIpc) is 2.90. The van der Waals surface area contributed by atoms with Crippen molar-refractivity contribution in [1.29, 1.82) is 0 Å². The minimum atomic E-state index is -0.427. The summed E-state index contributed by atoms with van der Waals surface area (Å²) in [7, 11) is 3.21. The van der Waals surface area contributed by atoms with E-state index in [2.05, 4.69) is 10.4 Å². The fraction of sp³-hybridized carbons (Fsp3) is 0.154. The van der Waals surface area contributed by atoms with E-state index in [1.807, 2.05) is 0 Å². The molecule has 0 atom stereocenters. The number of carbonyl (C=O) groups is 2. The Kier molecular flexibility index (Phi) is 4.05. The lowest BCUT2D eigenvalue weighted by atomic mass is 10.3. The van der Waals surface area contributed by atoms with Crippen LogP contribution in [0, 0.1) is 0 Å². The fourth-order valence-corrected chi connectivity index (χ4v) is 1.69. The molecule has 7 heteroatoms. The van der Waals surface area contributed by atoms with E-state index >= 15 is 0 Å². The van der Waals surface area contributed by atoms with Crippen molar-refractivity contribution in [2.75, 3.05) is 19.4 Å². The number of aromatic nitrogens is 2. The number of amides is 2. The first kappa shape index (κ1) is 14.1. The van der Waals surface area contributed by atoms with Crippen LogP contribution in [0.1, 0.15) is 10.5 Å². The summed E-state index contributed by atoms with van der Waals surface area (Å²) in [5.74, 6) is -0.427. The lowest BCUT2D eigenvalue weighted by molar-refractivity contribution is 0.102. The number of hydrogen-bond donors (Lipinski definition) is 1. The molecule has 1 heterocycles. The van der Waals surface area contributed by atoms with Crippen LogP contribution < -0.4 is 5.32 Å². The molecule has 20 heavy (non-hydrogen) atoms. The van der Waals surface area contributed by atoms with Gasteiger partial charge in [-0.3, -0.25) is 4.79 Å². The summed E-state index contributed by atoms with van der Waals surface area (Å²) in [5, 5.41) is 7.00. The zero-order valence-electron chi connectivity index (χ0n) is 11.0. The standard InChI is InChI=1S/C13H13ClN4O2/c1-17(2)13(20)18-8-7-11(16-18)12(19)15-10-6-4-3-5-9(10)14/h3-8H,1-2H3,(H,15,19). The zero-order chi connectivity index (χ0) is 14.7. The van der Waals surface area contributed by atoms with Gasteiger partial charge in [0.1, 0.15) is 0 Å². The maximum absolute atomic E-state index is 12.0. The highest BCUT2D eigenvalue weighted by molar-refractivity contribution is 6.33. The topological polar surface area (TPSA) is 67.2 Å². The van der Waals surface area contributed by atoms with Crippen molar-refractivity contribution in [3.63, 3.8) is 0 Å². The maximum Gasteiger partial charge on any atom is 0.344 e. The van der Waals surface area contributed by atoms with Crippen LogP contribution in [0.5, 0.6) is 0 Å². The van der Waals surface area contributed by atoms with Gasteiger partial charge in [0, 0.05) is 20.3 Å². The highest BCUT2D eigenvalue weighted by Gasteiger charge is 2.14. The van der Waals surface area contributed by atoms with Crippen LogP contribution >= 0.6 is 11.6 Å². The molecule has 2 rings (SSSR count). The van der Waals surface area contributed by atoms with Gasteiger partial charge in [0.05, 0.1) is 10.7 Å². The number of nitrogens with zero attached hydrogens (tertiary/aromatic N) is 3. The summed E-state index contributed by atoms with van der Waals surface area (Å²) in [5.41, 5.74) is 0.632. The largest absolute Gasteiger partial charge is 0.344 e. The molecule has 1 N–H and O–H groups in total. The maximum atomic E-state index is 12.0. The molecule has 104 valence electrons. The Balaban J connectivity index is 2.15. The Bertz CT molecular complexity index is 651. The molecule has 0 unspecified atom stereocenters. The summed E-state index contributed by atoms with van der Waals surface area (Å²) in [6, 6.07) is 8.01. The van der Waals surface area contributed by atoms with Crippen LogP contribution in [-0.4, -0.2) is 40.7 Å².